The number of amides is 2. The van der Waals surface area contributed by atoms with Crippen LogP contribution in [-0.4, -0.2) is 80.2 Å². The molecule has 2 heterocycles. The lowest BCUT2D eigenvalue weighted by Crippen LogP contribution is -2.63. The molecule has 6 rings (SSSR count). The Labute approximate surface area is 238 Å². The van der Waals surface area contributed by atoms with Gasteiger partial charge in [-0.05, 0) is 85.3 Å². The fraction of sp³-hybridized carbons (Fsp3) is 0.690. The van der Waals surface area contributed by atoms with E-state index in [2.05, 4.69) is 4.90 Å². The van der Waals surface area contributed by atoms with Crippen LogP contribution in [0, 0.1) is 0 Å². The normalized spacial score (nSPS) is 25.9. The Morgan fingerprint density at radius 3 is 2.00 bits per heavy atom. The molecular formula is C29H40F3N5O4. The molecule has 0 spiro atoms. The van der Waals surface area contributed by atoms with Crippen molar-refractivity contribution in [3.05, 3.63) is 23.9 Å². The molecule has 41 heavy (non-hydrogen) atoms. The number of piperazine rings is 1. The SMILES string of the molecule is CC(C)(C)OC(=O)N1CCN(C23CCC(n4cc5cc(NC(=O)C(F)(F)F)c(C(C)(C)O)cc5n4)(CC2)CC3)CC1. The van der Waals surface area contributed by atoms with Crippen molar-refractivity contribution >= 4 is 28.6 Å². The number of halogens is 3. The summed E-state index contributed by atoms with van der Waals surface area (Å²) in [6.07, 6.45) is 2.29. The third kappa shape index (κ3) is 5.77. The molecule has 4 aliphatic rings. The predicted molar refractivity (Wildman–Crippen MR) is 147 cm³/mol. The first-order valence-electron chi connectivity index (χ1n) is 14.3. The molecule has 226 valence electrons. The molecule has 2 N–H and O–H groups in total. The van der Waals surface area contributed by atoms with Gasteiger partial charge >= 0.3 is 18.2 Å². The first-order chi connectivity index (χ1) is 18.9. The van der Waals surface area contributed by atoms with Gasteiger partial charge in [0, 0.05) is 54.6 Å². The van der Waals surface area contributed by atoms with Gasteiger partial charge in [0.1, 0.15) is 5.60 Å². The van der Waals surface area contributed by atoms with Crippen LogP contribution < -0.4 is 5.32 Å². The van der Waals surface area contributed by atoms with E-state index < -0.39 is 23.3 Å². The number of benzene rings is 1. The van der Waals surface area contributed by atoms with Crippen molar-refractivity contribution in [3.8, 4) is 0 Å². The largest absolute Gasteiger partial charge is 0.471 e. The van der Waals surface area contributed by atoms with E-state index in [1.54, 1.807) is 11.0 Å². The van der Waals surface area contributed by atoms with Gasteiger partial charge in [-0.3, -0.25) is 14.4 Å². The minimum absolute atomic E-state index is 0.0822. The number of hydrogen-bond donors (Lipinski definition) is 2. The number of aromatic nitrogens is 2. The number of aliphatic hydroxyl groups is 1. The van der Waals surface area contributed by atoms with Crippen LogP contribution in [0.4, 0.5) is 23.7 Å². The molecule has 3 saturated carbocycles. The summed E-state index contributed by atoms with van der Waals surface area (Å²) in [6, 6.07) is 3.03. The van der Waals surface area contributed by atoms with Crippen LogP contribution in [-0.2, 0) is 20.7 Å². The van der Waals surface area contributed by atoms with E-state index in [0.717, 1.165) is 51.6 Å². The third-order valence-corrected chi connectivity index (χ3v) is 9.06. The summed E-state index contributed by atoms with van der Waals surface area (Å²) in [5.74, 6) is -2.09. The van der Waals surface area contributed by atoms with Gasteiger partial charge in [-0.2, -0.15) is 18.3 Å². The number of rotatable bonds is 4. The summed E-state index contributed by atoms with van der Waals surface area (Å²) in [6.45, 7) is 11.4. The highest BCUT2D eigenvalue weighted by Gasteiger charge is 2.53. The lowest BCUT2D eigenvalue weighted by molar-refractivity contribution is -0.167. The smallest absolute Gasteiger partial charge is 0.444 e. The Balaban J connectivity index is 1.31. The number of fused-ring (bicyclic) bond motifs is 4. The quantitative estimate of drug-likeness (QED) is 0.522. The van der Waals surface area contributed by atoms with Crippen molar-refractivity contribution in [1.29, 1.82) is 0 Å². The molecule has 3 aliphatic carbocycles. The molecule has 4 fully saturated rings. The van der Waals surface area contributed by atoms with E-state index in [4.69, 9.17) is 9.84 Å². The van der Waals surface area contributed by atoms with Gasteiger partial charge in [-0.25, -0.2) is 4.79 Å². The fourth-order valence-corrected chi connectivity index (χ4v) is 6.77. The van der Waals surface area contributed by atoms with Crippen molar-refractivity contribution in [1.82, 2.24) is 19.6 Å². The van der Waals surface area contributed by atoms with Crippen LogP contribution in [0.25, 0.3) is 10.9 Å². The lowest BCUT2D eigenvalue weighted by atomic mass is 9.60. The van der Waals surface area contributed by atoms with E-state index >= 15 is 0 Å². The molecule has 1 aromatic carbocycles. The van der Waals surface area contributed by atoms with E-state index in [9.17, 15) is 27.9 Å². The Morgan fingerprint density at radius 1 is 0.927 bits per heavy atom. The molecule has 1 saturated heterocycles. The topological polar surface area (TPSA) is 99.9 Å². The van der Waals surface area contributed by atoms with Crippen molar-refractivity contribution in [3.63, 3.8) is 0 Å². The van der Waals surface area contributed by atoms with Crippen LogP contribution in [0.1, 0.15) is 78.7 Å². The monoisotopic (exact) mass is 579 g/mol. The van der Waals surface area contributed by atoms with Crippen molar-refractivity contribution in [2.45, 2.75) is 102 Å². The number of anilines is 1. The Kier molecular flexibility index (Phi) is 7.12. The summed E-state index contributed by atoms with van der Waals surface area (Å²) in [7, 11) is 0. The Morgan fingerprint density at radius 2 is 1.49 bits per heavy atom. The Bertz CT molecular complexity index is 1310. The number of alkyl halides is 3. The highest BCUT2D eigenvalue weighted by Crippen LogP contribution is 2.53. The maximum absolute atomic E-state index is 13.0. The Hall–Kier alpha value is -2.86. The predicted octanol–water partition coefficient (Wildman–Crippen LogP) is 5.12. The van der Waals surface area contributed by atoms with Gasteiger partial charge in [0.05, 0.1) is 16.7 Å². The van der Waals surface area contributed by atoms with Gasteiger partial charge in [0.15, 0.2) is 0 Å². The molecule has 0 radical (unpaired) electrons. The zero-order chi connectivity index (χ0) is 30.0. The summed E-state index contributed by atoms with van der Waals surface area (Å²) in [4.78, 5) is 28.5. The fourth-order valence-electron chi connectivity index (χ4n) is 6.77. The van der Waals surface area contributed by atoms with Gasteiger partial charge in [0.25, 0.3) is 0 Å². The maximum atomic E-state index is 13.0. The lowest BCUT2D eigenvalue weighted by Gasteiger charge is -2.58. The number of nitrogens with zero attached hydrogens (tertiary/aromatic N) is 4. The van der Waals surface area contributed by atoms with Crippen LogP contribution in [0.2, 0.25) is 0 Å². The van der Waals surface area contributed by atoms with Crippen LogP contribution in [0.5, 0.6) is 0 Å². The first-order valence-corrected chi connectivity index (χ1v) is 14.3. The number of ether oxygens (including phenoxy) is 1. The first kappa shape index (κ1) is 29.6. The van der Waals surface area contributed by atoms with E-state index in [1.807, 2.05) is 37.0 Å². The molecule has 2 bridgehead atoms. The highest BCUT2D eigenvalue weighted by atomic mass is 19.4. The van der Waals surface area contributed by atoms with Crippen molar-refractivity contribution in [2.24, 2.45) is 0 Å². The minimum atomic E-state index is -5.05. The second-order valence-electron chi connectivity index (χ2n) is 13.4. The maximum Gasteiger partial charge on any atom is 0.471 e. The number of carbonyl (C=O) groups is 2. The molecule has 12 heteroatoms. The third-order valence-electron chi connectivity index (χ3n) is 9.06. The molecule has 2 amide bonds. The van der Waals surface area contributed by atoms with Crippen LogP contribution in [0.3, 0.4) is 0 Å². The second-order valence-corrected chi connectivity index (χ2v) is 13.4. The van der Waals surface area contributed by atoms with Gasteiger partial charge in [-0.1, -0.05) is 0 Å². The zero-order valence-corrected chi connectivity index (χ0v) is 24.4. The number of carbonyl (C=O) groups excluding carboxylic acids is 2. The average molecular weight is 580 g/mol. The number of nitrogens with one attached hydrogen (secondary N) is 1. The standard InChI is InChI=1S/C29H40F3N5O4/c1-25(2,3)41-24(39)35-12-14-36(15-13-35)27-6-9-28(10-7-27,11-8-27)37-18-19-16-22(33-23(38)29(30,31)32)20(26(4,5)40)17-21(19)34-37/h16-18,40H,6-15H2,1-5H3,(H,33,38). The molecule has 0 atom stereocenters. The van der Waals surface area contributed by atoms with Gasteiger partial charge in [-0.15, -0.1) is 0 Å². The van der Waals surface area contributed by atoms with E-state index in [-0.39, 0.29) is 28.4 Å². The van der Waals surface area contributed by atoms with Crippen LogP contribution in [0.15, 0.2) is 18.3 Å². The second kappa shape index (κ2) is 9.86. The summed E-state index contributed by atoms with van der Waals surface area (Å²) < 4.78 is 46.5. The molecular weight excluding hydrogens is 539 g/mol. The average Bonchev–Trinajstić information content (AvgIpc) is 3.31. The minimum Gasteiger partial charge on any atom is -0.444 e. The van der Waals surface area contributed by atoms with E-state index in [1.165, 1.54) is 19.9 Å². The zero-order valence-electron chi connectivity index (χ0n) is 24.4. The summed E-state index contributed by atoms with van der Waals surface area (Å²) in [5.41, 5.74) is -1.46. The number of hydrogen-bond acceptors (Lipinski definition) is 6. The van der Waals surface area contributed by atoms with Crippen molar-refractivity contribution in [2.75, 3.05) is 31.5 Å². The van der Waals surface area contributed by atoms with Gasteiger partial charge in [0.2, 0.25) is 0 Å². The summed E-state index contributed by atoms with van der Waals surface area (Å²) in [5, 5.41) is 18.0. The van der Waals surface area contributed by atoms with Gasteiger partial charge < -0.3 is 20.1 Å². The van der Waals surface area contributed by atoms with Crippen molar-refractivity contribution < 1.29 is 32.6 Å². The molecule has 0 unspecified atom stereocenters. The molecule has 2 aromatic rings. The van der Waals surface area contributed by atoms with Crippen LogP contribution >= 0.6 is 0 Å². The summed E-state index contributed by atoms with van der Waals surface area (Å²) >= 11 is 0. The molecule has 9 nitrogen and oxygen atoms in total. The molecule has 1 aromatic heterocycles. The highest BCUT2D eigenvalue weighted by molar-refractivity contribution is 5.98. The van der Waals surface area contributed by atoms with E-state index in [0.29, 0.717) is 24.0 Å². The molecule has 1 aliphatic heterocycles.